The lowest BCUT2D eigenvalue weighted by Crippen LogP contribution is -2.13. The number of hydrogen-bond donors (Lipinski definition) is 2. The van der Waals surface area contributed by atoms with Crippen LogP contribution in [0.5, 0.6) is 5.75 Å². The highest BCUT2D eigenvalue weighted by molar-refractivity contribution is 8.01. The summed E-state index contributed by atoms with van der Waals surface area (Å²) < 4.78 is 6.29. The molecule has 0 unspecified atom stereocenters. The van der Waals surface area contributed by atoms with Crippen molar-refractivity contribution in [2.45, 2.75) is 11.3 Å². The second-order valence-electron chi connectivity index (χ2n) is 4.60. The maximum atomic E-state index is 11.9. The number of amides is 1. The minimum absolute atomic E-state index is 0.119. The Hall–Kier alpha value is -2.17. The number of nitrogens with one attached hydrogen (secondary N) is 2. The number of anilines is 3. The predicted octanol–water partition coefficient (Wildman–Crippen LogP) is 3.87. The van der Waals surface area contributed by atoms with Crippen molar-refractivity contribution in [1.29, 1.82) is 0 Å². The summed E-state index contributed by atoms with van der Waals surface area (Å²) in [5.74, 6) is 0.896. The molecule has 10 heteroatoms. The molecule has 0 saturated heterocycles. The molecule has 7 nitrogen and oxygen atoms in total. The Morgan fingerprint density at radius 2 is 2.16 bits per heavy atom. The molecule has 2 aromatic heterocycles. The minimum Gasteiger partial charge on any atom is -0.492 e. The maximum absolute atomic E-state index is 11.9. The van der Waals surface area contributed by atoms with E-state index in [4.69, 9.17) is 4.74 Å². The van der Waals surface area contributed by atoms with Crippen molar-refractivity contribution < 1.29 is 9.53 Å². The van der Waals surface area contributed by atoms with Crippen LogP contribution in [-0.4, -0.2) is 33.4 Å². The summed E-state index contributed by atoms with van der Waals surface area (Å²) >= 11 is 4.10. The second kappa shape index (κ2) is 8.79. The fraction of sp³-hybridized carbons (Fsp3) is 0.200. The number of thiazole rings is 1. The normalized spacial score (nSPS) is 10.4. The molecule has 3 aromatic rings. The zero-order valence-corrected chi connectivity index (χ0v) is 15.7. The summed E-state index contributed by atoms with van der Waals surface area (Å²) in [5.41, 5.74) is 0.832. The number of carbonyl (C=O) groups excluding carboxylic acids is 1. The second-order valence-corrected chi connectivity index (χ2v) is 7.70. The number of benzene rings is 1. The number of para-hydroxylation sites is 2. The minimum atomic E-state index is -0.119. The van der Waals surface area contributed by atoms with Gasteiger partial charge in [0.05, 0.1) is 18.0 Å². The largest absolute Gasteiger partial charge is 0.492 e. The van der Waals surface area contributed by atoms with Crippen LogP contribution in [0.25, 0.3) is 0 Å². The van der Waals surface area contributed by atoms with Crippen LogP contribution < -0.4 is 15.4 Å². The summed E-state index contributed by atoms with van der Waals surface area (Å²) in [6.07, 6.45) is 1.65. The van der Waals surface area contributed by atoms with Crippen molar-refractivity contribution >= 4 is 56.3 Å². The Balaban J connectivity index is 1.55. The van der Waals surface area contributed by atoms with E-state index in [1.165, 1.54) is 34.4 Å². The topological polar surface area (TPSA) is 89.0 Å². The number of rotatable bonds is 8. The third kappa shape index (κ3) is 5.15. The quantitative estimate of drug-likeness (QED) is 0.562. The van der Waals surface area contributed by atoms with Gasteiger partial charge in [0.25, 0.3) is 0 Å². The van der Waals surface area contributed by atoms with Gasteiger partial charge in [0, 0.05) is 11.6 Å². The smallest absolute Gasteiger partial charge is 0.236 e. The van der Waals surface area contributed by atoms with E-state index in [9.17, 15) is 4.79 Å². The SMILES string of the molecule is CCOc1ccccc1Nc1nnc(SCC(=O)Nc2nccs2)s1. The molecule has 0 spiro atoms. The lowest BCUT2D eigenvalue weighted by Gasteiger charge is -2.09. The van der Waals surface area contributed by atoms with E-state index in [1.54, 1.807) is 6.20 Å². The average molecular weight is 394 g/mol. The van der Waals surface area contributed by atoms with Crippen LogP contribution >= 0.6 is 34.4 Å². The van der Waals surface area contributed by atoms with Gasteiger partial charge in [-0.15, -0.1) is 21.5 Å². The van der Waals surface area contributed by atoms with Gasteiger partial charge in [-0.1, -0.05) is 35.2 Å². The lowest BCUT2D eigenvalue weighted by atomic mass is 10.3. The summed E-state index contributed by atoms with van der Waals surface area (Å²) in [4.78, 5) is 15.9. The fourth-order valence-electron chi connectivity index (χ4n) is 1.85. The van der Waals surface area contributed by atoms with Crippen molar-refractivity contribution in [2.75, 3.05) is 23.0 Å². The first-order valence-corrected chi connectivity index (χ1v) is 10.1. The van der Waals surface area contributed by atoms with Crippen molar-refractivity contribution in [1.82, 2.24) is 15.2 Å². The van der Waals surface area contributed by atoms with Gasteiger partial charge in [-0.3, -0.25) is 4.79 Å². The van der Waals surface area contributed by atoms with E-state index < -0.39 is 0 Å². The predicted molar refractivity (Wildman–Crippen MR) is 102 cm³/mol. The summed E-state index contributed by atoms with van der Waals surface area (Å²) in [6.45, 7) is 2.53. The molecule has 25 heavy (non-hydrogen) atoms. The van der Waals surface area contributed by atoms with Gasteiger partial charge in [0.2, 0.25) is 11.0 Å². The molecule has 2 heterocycles. The lowest BCUT2D eigenvalue weighted by molar-refractivity contribution is -0.113. The highest BCUT2D eigenvalue weighted by Crippen LogP contribution is 2.31. The van der Waals surface area contributed by atoms with Gasteiger partial charge in [0.1, 0.15) is 5.75 Å². The van der Waals surface area contributed by atoms with Gasteiger partial charge in [0.15, 0.2) is 9.47 Å². The highest BCUT2D eigenvalue weighted by Gasteiger charge is 2.11. The van der Waals surface area contributed by atoms with Gasteiger partial charge in [-0.2, -0.15) is 0 Å². The molecule has 0 fully saturated rings. The molecule has 0 radical (unpaired) electrons. The molecule has 2 N–H and O–H groups in total. The number of carbonyl (C=O) groups is 1. The number of aromatic nitrogens is 3. The summed E-state index contributed by atoms with van der Waals surface area (Å²) in [7, 11) is 0. The zero-order chi connectivity index (χ0) is 17.5. The van der Waals surface area contributed by atoms with Crippen molar-refractivity contribution in [2.24, 2.45) is 0 Å². The van der Waals surface area contributed by atoms with Crippen molar-refractivity contribution in [3.05, 3.63) is 35.8 Å². The molecule has 1 amide bonds. The first-order valence-electron chi connectivity index (χ1n) is 7.39. The number of hydrogen-bond acceptors (Lipinski definition) is 9. The molecule has 1 aromatic carbocycles. The molecular weight excluding hydrogens is 378 g/mol. The molecule has 0 aliphatic carbocycles. The third-order valence-electron chi connectivity index (χ3n) is 2.84. The Bertz CT molecular complexity index is 822. The first kappa shape index (κ1) is 17.6. The molecule has 0 saturated carbocycles. The Labute approximate surface area is 156 Å². The average Bonchev–Trinajstić information content (AvgIpc) is 3.27. The van der Waals surface area contributed by atoms with Crippen LogP contribution in [0.1, 0.15) is 6.92 Å². The van der Waals surface area contributed by atoms with E-state index >= 15 is 0 Å². The molecular formula is C15H15N5O2S3. The molecule has 0 atom stereocenters. The van der Waals surface area contributed by atoms with Crippen molar-refractivity contribution in [3.63, 3.8) is 0 Å². The van der Waals surface area contributed by atoms with E-state index in [0.29, 0.717) is 21.2 Å². The van der Waals surface area contributed by atoms with Gasteiger partial charge < -0.3 is 15.4 Å². The van der Waals surface area contributed by atoms with Crippen LogP contribution in [0, 0.1) is 0 Å². The highest BCUT2D eigenvalue weighted by atomic mass is 32.2. The van der Waals surface area contributed by atoms with Gasteiger partial charge >= 0.3 is 0 Å². The Kier molecular flexibility index (Phi) is 6.20. The number of ether oxygens (including phenoxy) is 1. The number of thioether (sulfide) groups is 1. The summed E-state index contributed by atoms with van der Waals surface area (Å²) in [6, 6.07) is 7.65. The van der Waals surface area contributed by atoms with Gasteiger partial charge in [-0.05, 0) is 19.1 Å². The van der Waals surface area contributed by atoms with Crippen LogP contribution in [0.2, 0.25) is 0 Å². The molecule has 130 valence electrons. The van der Waals surface area contributed by atoms with E-state index in [2.05, 4.69) is 25.8 Å². The molecule has 0 bridgehead atoms. The van der Waals surface area contributed by atoms with Gasteiger partial charge in [-0.25, -0.2) is 4.98 Å². The number of nitrogens with zero attached hydrogens (tertiary/aromatic N) is 3. The first-order chi connectivity index (χ1) is 12.2. The maximum Gasteiger partial charge on any atom is 0.236 e. The molecule has 0 aliphatic rings. The van der Waals surface area contributed by atoms with Crippen LogP contribution in [0.15, 0.2) is 40.2 Å². The third-order valence-corrected chi connectivity index (χ3v) is 5.50. The fourth-order valence-corrected chi connectivity index (χ4v) is 3.96. The van der Waals surface area contributed by atoms with Crippen LogP contribution in [0.4, 0.5) is 16.0 Å². The van der Waals surface area contributed by atoms with E-state index in [1.807, 2.05) is 36.6 Å². The zero-order valence-electron chi connectivity index (χ0n) is 13.3. The molecule has 3 rings (SSSR count). The van der Waals surface area contributed by atoms with E-state index in [0.717, 1.165) is 11.4 Å². The van der Waals surface area contributed by atoms with Crippen molar-refractivity contribution in [3.8, 4) is 5.75 Å². The van der Waals surface area contributed by atoms with Crippen LogP contribution in [-0.2, 0) is 4.79 Å². The Morgan fingerprint density at radius 1 is 1.28 bits per heavy atom. The monoisotopic (exact) mass is 393 g/mol. The Morgan fingerprint density at radius 3 is 2.96 bits per heavy atom. The molecule has 0 aliphatic heterocycles. The standard InChI is InChI=1S/C15H15N5O2S3/c1-2-22-11-6-4-3-5-10(11)17-14-19-20-15(25-14)24-9-12(21)18-13-16-7-8-23-13/h3-8H,2,9H2,1H3,(H,17,19)(H,16,18,21). The summed E-state index contributed by atoms with van der Waals surface area (Å²) in [5, 5.41) is 17.2. The van der Waals surface area contributed by atoms with E-state index in [-0.39, 0.29) is 11.7 Å². The van der Waals surface area contributed by atoms with Crippen LogP contribution in [0.3, 0.4) is 0 Å².